The third kappa shape index (κ3) is 4.83. The first-order chi connectivity index (χ1) is 14.3. The number of likely N-dealkylation sites (N-methyl/N-ethyl adjacent to an activating group) is 1. The fourth-order valence-corrected chi connectivity index (χ4v) is 5.34. The van der Waals surface area contributed by atoms with Gasteiger partial charge in [-0.2, -0.15) is 0 Å². The first-order valence-corrected chi connectivity index (χ1v) is 12.5. The van der Waals surface area contributed by atoms with Crippen molar-refractivity contribution in [3.63, 3.8) is 0 Å². The number of sulfonamides is 1. The van der Waals surface area contributed by atoms with Gasteiger partial charge in [-0.3, -0.25) is 4.90 Å². The van der Waals surface area contributed by atoms with Gasteiger partial charge in [0.25, 0.3) is 0 Å². The Kier molecular flexibility index (Phi) is 6.13. The number of rotatable bonds is 10. The van der Waals surface area contributed by atoms with E-state index in [0.717, 1.165) is 25.1 Å². The molecule has 2 saturated carbocycles. The Bertz CT molecular complexity index is 989. The smallest absolute Gasteiger partial charge is 0.240 e. The van der Waals surface area contributed by atoms with Crippen molar-refractivity contribution in [2.45, 2.75) is 55.0 Å². The maximum atomic E-state index is 12.8. The second kappa shape index (κ2) is 8.50. The summed E-state index contributed by atoms with van der Waals surface area (Å²) >= 11 is 6.40. The molecule has 2 aliphatic carbocycles. The summed E-state index contributed by atoms with van der Waals surface area (Å²) in [6, 6.07) is 16.1. The van der Waals surface area contributed by atoms with Crippen molar-refractivity contribution < 1.29 is 8.42 Å². The lowest BCUT2D eigenvalue weighted by molar-refractivity contribution is 0.257. The quantitative estimate of drug-likeness (QED) is 0.571. The second-order valence-corrected chi connectivity index (χ2v) is 10.9. The van der Waals surface area contributed by atoms with Gasteiger partial charge in [-0.1, -0.05) is 41.9 Å². The largest absolute Gasteiger partial charge is 0.382 e. The Morgan fingerprint density at radius 3 is 2.47 bits per heavy atom. The number of nitrogens with one attached hydrogen (secondary N) is 2. The fourth-order valence-electron chi connectivity index (χ4n) is 3.88. The summed E-state index contributed by atoms with van der Waals surface area (Å²) in [5.74, 6) is 0. The van der Waals surface area contributed by atoms with Gasteiger partial charge < -0.3 is 5.32 Å². The SMILES string of the molecule is CC(CNc1ccc(S(=O)(=O)NCC2(c3ccccc3)CC2)cc1Cl)N(C)C1CC1. The number of anilines is 1. The molecule has 4 rings (SSSR count). The van der Waals surface area contributed by atoms with Gasteiger partial charge >= 0.3 is 0 Å². The highest BCUT2D eigenvalue weighted by molar-refractivity contribution is 7.89. The van der Waals surface area contributed by atoms with Crippen molar-refractivity contribution in [3.05, 3.63) is 59.1 Å². The van der Waals surface area contributed by atoms with Crippen LogP contribution in [0.1, 0.15) is 38.2 Å². The Balaban J connectivity index is 1.38. The highest BCUT2D eigenvalue weighted by Crippen LogP contribution is 2.47. The normalized spacial score (nSPS) is 18.9. The molecule has 2 aliphatic rings. The van der Waals surface area contributed by atoms with Gasteiger partial charge in [0.15, 0.2) is 0 Å². The lowest BCUT2D eigenvalue weighted by atomic mass is 9.96. The van der Waals surface area contributed by atoms with E-state index in [-0.39, 0.29) is 10.3 Å². The van der Waals surface area contributed by atoms with Crippen LogP contribution in [0.3, 0.4) is 0 Å². The molecule has 5 nitrogen and oxygen atoms in total. The van der Waals surface area contributed by atoms with E-state index >= 15 is 0 Å². The molecule has 0 heterocycles. The summed E-state index contributed by atoms with van der Waals surface area (Å²) in [4.78, 5) is 2.58. The Morgan fingerprint density at radius 1 is 1.17 bits per heavy atom. The summed E-state index contributed by atoms with van der Waals surface area (Å²) < 4.78 is 28.5. The average molecular weight is 448 g/mol. The van der Waals surface area contributed by atoms with E-state index in [4.69, 9.17) is 11.6 Å². The van der Waals surface area contributed by atoms with Crippen molar-refractivity contribution in [3.8, 4) is 0 Å². The van der Waals surface area contributed by atoms with Gasteiger partial charge in [-0.15, -0.1) is 0 Å². The molecule has 30 heavy (non-hydrogen) atoms. The molecule has 0 spiro atoms. The van der Waals surface area contributed by atoms with Crippen LogP contribution in [0.2, 0.25) is 5.02 Å². The van der Waals surface area contributed by atoms with Gasteiger partial charge in [-0.05, 0) is 63.4 Å². The molecule has 2 fully saturated rings. The number of halogens is 1. The standard InChI is InChI=1S/C23H30ClN3O2S/c1-17(27(2)19-8-9-19)15-25-22-11-10-20(14-21(22)24)30(28,29)26-16-23(12-13-23)18-6-4-3-5-7-18/h3-7,10-11,14,17,19,25-26H,8-9,12-13,15-16H2,1-2H3. The number of hydrogen-bond donors (Lipinski definition) is 2. The molecule has 1 atom stereocenters. The van der Waals surface area contributed by atoms with Gasteiger partial charge in [0.05, 0.1) is 15.6 Å². The van der Waals surface area contributed by atoms with Crippen LogP contribution in [0.25, 0.3) is 0 Å². The molecular weight excluding hydrogens is 418 g/mol. The highest BCUT2D eigenvalue weighted by atomic mass is 35.5. The van der Waals surface area contributed by atoms with Crippen LogP contribution in [0, 0.1) is 0 Å². The molecule has 0 amide bonds. The minimum absolute atomic E-state index is 0.0800. The second-order valence-electron chi connectivity index (χ2n) is 8.74. The van der Waals surface area contributed by atoms with Crippen LogP contribution in [0.4, 0.5) is 5.69 Å². The molecule has 162 valence electrons. The monoisotopic (exact) mass is 447 g/mol. The van der Waals surface area contributed by atoms with Gasteiger partial charge in [0.2, 0.25) is 10.0 Å². The molecule has 2 aromatic carbocycles. The predicted molar refractivity (Wildman–Crippen MR) is 123 cm³/mol. The summed E-state index contributed by atoms with van der Waals surface area (Å²) in [6.45, 7) is 3.35. The van der Waals surface area contributed by atoms with E-state index in [9.17, 15) is 8.42 Å². The zero-order valence-corrected chi connectivity index (χ0v) is 19.1. The van der Waals surface area contributed by atoms with Crippen molar-refractivity contribution >= 4 is 27.3 Å². The van der Waals surface area contributed by atoms with Crippen molar-refractivity contribution in [1.82, 2.24) is 9.62 Å². The van der Waals surface area contributed by atoms with E-state index in [2.05, 4.69) is 41.0 Å². The summed E-state index contributed by atoms with van der Waals surface area (Å²) in [7, 11) is -1.47. The van der Waals surface area contributed by atoms with Gasteiger partial charge in [0.1, 0.15) is 0 Å². The molecule has 0 radical (unpaired) electrons. The molecule has 0 bridgehead atoms. The fraction of sp³-hybridized carbons (Fsp3) is 0.478. The zero-order valence-electron chi connectivity index (χ0n) is 17.6. The van der Waals surface area contributed by atoms with Crippen molar-refractivity contribution in [1.29, 1.82) is 0 Å². The predicted octanol–water partition coefficient (Wildman–Crippen LogP) is 4.24. The Hall–Kier alpha value is -1.60. The molecular formula is C23H30ClN3O2S. The summed E-state index contributed by atoms with van der Waals surface area (Å²) in [6.07, 6.45) is 4.53. The average Bonchev–Trinajstić information content (AvgIpc) is 3.65. The minimum atomic E-state index is -3.62. The lowest BCUT2D eigenvalue weighted by Gasteiger charge is -2.25. The maximum Gasteiger partial charge on any atom is 0.240 e. The molecule has 2 aromatic rings. The van der Waals surface area contributed by atoms with E-state index in [1.807, 2.05) is 18.2 Å². The van der Waals surface area contributed by atoms with Gasteiger partial charge in [0, 0.05) is 30.6 Å². The van der Waals surface area contributed by atoms with E-state index in [1.165, 1.54) is 24.5 Å². The van der Waals surface area contributed by atoms with Crippen LogP contribution in [-0.2, 0) is 15.4 Å². The first-order valence-electron chi connectivity index (χ1n) is 10.6. The summed E-state index contributed by atoms with van der Waals surface area (Å²) in [5.41, 5.74) is 1.87. The van der Waals surface area contributed by atoms with Crippen LogP contribution in [0.15, 0.2) is 53.4 Å². The van der Waals surface area contributed by atoms with Crippen LogP contribution >= 0.6 is 11.6 Å². The molecule has 7 heteroatoms. The van der Waals surface area contributed by atoms with E-state index in [1.54, 1.807) is 12.1 Å². The Labute approximate surface area is 184 Å². The van der Waals surface area contributed by atoms with Crippen molar-refractivity contribution in [2.75, 3.05) is 25.5 Å². The third-order valence-electron chi connectivity index (χ3n) is 6.50. The lowest BCUT2D eigenvalue weighted by Crippen LogP contribution is -2.36. The molecule has 1 unspecified atom stereocenters. The molecule has 0 aliphatic heterocycles. The van der Waals surface area contributed by atoms with E-state index < -0.39 is 10.0 Å². The van der Waals surface area contributed by atoms with E-state index in [0.29, 0.717) is 23.7 Å². The molecule has 2 N–H and O–H groups in total. The van der Waals surface area contributed by atoms with Crippen LogP contribution in [0.5, 0.6) is 0 Å². The number of benzene rings is 2. The van der Waals surface area contributed by atoms with Crippen LogP contribution < -0.4 is 10.0 Å². The zero-order chi connectivity index (χ0) is 21.4. The first kappa shape index (κ1) is 21.6. The van der Waals surface area contributed by atoms with Crippen LogP contribution in [-0.4, -0.2) is 45.5 Å². The highest BCUT2D eigenvalue weighted by Gasteiger charge is 2.44. The molecule has 0 saturated heterocycles. The minimum Gasteiger partial charge on any atom is -0.382 e. The molecule has 0 aromatic heterocycles. The van der Waals surface area contributed by atoms with Crippen molar-refractivity contribution in [2.24, 2.45) is 0 Å². The Morgan fingerprint density at radius 2 is 1.87 bits per heavy atom. The number of hydrogen-bond acceptors (Lipinski definition) is 4. The third-order valence-corrected chi connectivity index (χ3v) is 8.21. The number of nitrogens with zero attached hydrogens (tertiary/aromatic N) is 1. The maximum absolute atomic E-state index is 12.8. The topological polar surface area (TPSA) is 61.4 Å². The van der Waals surface area contributed by atoms with Gasteiger partial charge in [-0.25, -0.2) is 13.1 Å². The summed E-state index contributed by atoms with van der Waals surface area (Å²) in [5, 5.41) is 3.77.